The first-order valence-corrected chi connectivity index (χ1v) is 9.22. The highest BCUT2D eigenvalue weighted by atomic mass is 32.2. The lowest BCUT2D eigenvalue weighted by atomic mass is 10.2. The predicted octanol–water partition coefficient (Wildman–Crippen LogP) is 2.49. The van der Waals surface area contributed by atoms with Gasteiger partial charge in [0.25, 0.3) is 0 Å². The van der Waals surface area contributed by atoms with Crippen LogP contribution < -0.4 is 14.4 Å². The summed E-state index contributed by atoms with van der Waals surface area (Å²) in [4.78, 5) is 12.2. The van der Waals surface area contributed by atoms with Crippen molar-refractivity contribution < 1.29 is 17.9 Å². The molecule has 0 aliphatic carbocycles. The fraction of sp³-hybridized carbons (Fsp3) is 0.235. The number of benzene rings is 2. The van der Waals surface area contributed by atoms with Crippen LogP contribution in [0.15, 0.2) is 54.6 Å². The van der Waals surface area contributed by atoms with Gasteiger partial charge in [0.2, 0.25) is 15.9 Å². The molecule has 0 radical (unpaired) electrons. The molecule has 6 nitrogen and oxygen atoms in total. The number of hydrogen-bond donors (Lipinski definition) is 1. The molecule has 0 saturated carbocycles. The van der Waals surface area contributed by atoms with Gasteiger partial charge in [-0.15, -0.1) is 0 Å². The molecular formula is C17H20N2O4S. The molecule has 128 valence electrons. The topological polar surface area (TPSA) is 75.7 Å². The molecule has 0 unspecified atom stereocenters. The Morgan fingerprint density at radius 2 is 1.71 bits per heavy atom. The number of ether oxygens (including phenoxy) is 1. The number of methoxy groups -OCH3 is 1. The van der Waals surface area contributed by atoms with E-state index < -0.39 is 10.0 Å². The van der Waals surface area contributed by atoms with Gasteiger partial charge >= 0.3 is 0 Å². The third kappa shape index (κ3) is 4.73. The van der Waals surface area contributed by atoms with Crippen molar-refractivity contribution in [2.24, 2.45) is 0 Å². The Hall–Kier alpha value is -2.54. The molecule has 2 aromatic carbocycles. The van der Waals surface area contributed by atoms with E-state index in [0.29, 0.717) is 17.1 Å². The Balaban J connectivity index is 2.06. The lowest BCUT2D eigenvalue weighted by molar-refractivity contribution is -0.116. The number of nitrogens with one attached hydrogen (secondary N) is 1. The van der Waals surface area contributed by atoms with E-state index in [2.05, 4.69) is 5.32 Å². The highest BCUT2D eigenvalue weighted by Crippen LogP contribution is 2.23. The molecule has 0 bridgehead atoms. The van der Waals surface area contributed by atoms with Crippen LogP contribution in [0.3, 0.4) is 0 Å². The first-order valence-electron chi connectivity index (χ1n) is 7.37. The van der Waals surface area contributed by atoms with Crippen LogP contribution in [0.1, 0.15) is 6.42 Å². The summed E-state index contributed by atoms with van der Waals surface area (Å²) < 4.78 is 30.3. The summed E-state index contributed by atoms with van der Waals surface area (Å²) in [6, 6.07) is 15.7. The zero-order valence-electron chi connectivity index (χ0n) is 13.6. The van der Waals surface area contributed by atoms with Crippen molar-refractivity contribution in [2.45, 2.75) is 6.42 Å². The number of carbonyl (C=O) groups excluding carboxylic acids is 1. The standard InChI is InChI=1S/C17H20N2O4S/c1-23-16-11-7-6-10-15(16)18-17(20)12-13-19(24(2,21)22)14-8-4-3-5-9-14/h3-11H,12-13H2,1-2H3,(H,18,20). The number of carbonyl (C=O) groups is 1. The average molecular weight is 348 g/mol. The van der Waals surface area contributed by atoms with E-state index >= 15 is 0 Å². The summed E-state index contributed by atoms with van der Waals surface area (Å²) in [6.07, 6.45) is 1.15. The van der Waals surface area contributed by atoms with Crippen molar-refractivity contribution in [3.8, 4) is 5.75 Å². The third-order valence-electron chi connectivity index (χ3n) is 3.37. The molecule has 0 heterocycles. The van der Waals surface area contributed by atoms with Gasteiger partial charge in [0.1, 0.15) is 5.75 Å². The van der Waals surface area contributed by atoms with Crippen LogP contribution >= 0.6 is 0 Å². The molecule has 0 fully saturated rings. The van der Waals surface area contributed by atoms with Gasteiger partial charge in [-0.1, -0.05) is 30.3 Å². The zero-order valence-corrected chi connectivity index (χ0v) is 14.4. The molecule has 0 aromatic heterocycles. The van der Waals surface area contributed by atoms with E-state index in [4.69, 9.17) is 4.74 Å². The lowest BCUT2D eigenvalue weighted by Crippen LogP contribution is -2.33. The van der Waals surface area contributed by atoms with Gasteiger partial charge in [-0.3, -0.25) is 9.10 Å². The summed E-state index contributed by atoms with van der Waals surface area (Å²) in [6.45, 7) is 0.0594. The van der Waals surface area contributed by atoms with Gasteiger partial charge in [0.15, 0.2) is 0 Å². The smallest absolute Gasteiger partial charge is 0.232 e. The number of rotatable bonds is 7. The van der Waals surface area contributed by atoms with E-state index in [1.165, 1.54) is 11.4 Å². The first kappa shape index (κ1) is 17.8. The van der Waals surface area contributed by atoms with E-state index in [1.807, 2.05) is 0 Å². The Kier molecular flexibility index (Phi) is 5.81. The van der Waals surface area contributed by atoms with Crippen molar-refractivity contribution in [3.63, 3.8) is 0 Å². The summed E-state index contributed by atoms with van der Waals surface area (Å²) in [5.41, 5.74) is 1.08. The molecule has 0 atom stereocenters. The maximum Gasteiger partial charge on any atom is 0.232 e. The number of anilines is 2. The Bertz CT molecular complexity index is 791. The van der Waals surface area contributed by atoms with Crippen LogP contribution in [0, 0.1) is 0 Å². The number of para-hydroxylation sites is 3. The van der Waals surface area contributed by atoms with Crippen LogP contribution in [0.5, 0.6) is 5.75 Å². The quantitative estimate of drug-likeness (QED) is 0.834. The van der Waals surface area contributed by atoms with Crippen LogP contribution in [0.4, 0.5) is 11.4 Å². The van der Waals surface area contributed by atoms with E-state index in [1.54, 1.807) is 54.6 Å². The molecule has 0 aliphatic heterocycles. The van der Waals surface area contributed by atoms with Crippen molar-refractivity contribution >= 4 is 27.3 Å². The normalized spacial score (nSPS) is 10.9. The minimum Gasteiger partial charge on any atom is -0.495 e. The second-order valence-electron chi connectivity index (χ2n) is 5.17. The molecule has 0 saturated heterocycles. The highest BCUT2D eigenvalue weighted by molar-refractivity contribution is 7.92. The van der Waals surface area contributed by atoms with Crippen LogP contribution in [0.2, 0.25) is 0 Å². The molecular weight excluding hydrogens is 328 g/mol. The Morgan fingerprint density at radius 3 is 2.33 bits per heavy atom. The van der Waals surface area contributed by atoms with Gasteiger partial charge in [-0.25, -0.2) is 8.42 Å². The minimum absolute atomic E-state index is 0.0278. The molecule has 24 heavy (non-hydrogen) atoms. The summed E-state index contributed by atoms with van der Waals surface area (Å²) in [5, 5.41) is 2.73. The summed E-state index contributed by atoms with van der Waals surface area (Å²) >= 11 is 0. The van der Waals surface area contributed by atoms with Crippen molar-refractivity contribution in [1.29, 1.82) is 0 Å². The van der Waals surface area contributed by atoms with E-state index in [0.717, 1.165) is 6.26 Å². The lowest BCUT2D eigenvalue weighted by Gasteiger charge is -2.22. The summed E-state index contributed by atoms with van der Waals surface area (Å²) in [7, 11) is -1.95. The SMILES string of the molecule is COc1ccccc1NC(=O)CCN(c1ccccc1)S(C)(=O)=O. The monoisotopic (exact) mass is 348 g/mol. The van der Waals surface area contributed by atoms with Gasteiger partial charge in [0.05, 0.1) is 24.7 Å². The molecule has 7 heteroatoms. The van der Waals surface area contributed by atoms with Gasteiger partial charge < -0.3 is 10.1 Å². The van der Waals surface area contributed by atoms with Crippen molar-refractivity contribution in [1.82, 2.24) is 0 Å². The van der Waals surface area contributed by atoms with Gasteiger partial charge in [-0.05, 0) is 24.3 Å². The number of hydrogen-bond acceptors (Lipinski definition) is 4. The molecule has 2 aromatic rings. The predicted molar refractivity (Wildman–Crippen MR) is 94.9 cm³/mol. The first-order chi connectivity index (χ1) is 11.4. The second kappa shape index (κ2) is 7.83. The van der Waals surface area contributed by atoms with E-state index in [-0.39, 0.29) is 18.9 Å². The zero-order chi connectivity index (χ0) is 17.6. The molecule has 0 aliphatic rings. The highest BCUT2D eigenvalue weighted by Gasteiger charge is 2.18. The number of sulfonamides is 1. The fourth-order valence-electron chi connectivity index (χ4n) is 2.24. The average Bonchev–Trinajstić information content (AvgIpc) is 2.55. The number of nitrogens with zero attached hydrogens (tertiary/aromatic N) is 1. The third-order valence-corrected chi connectivity index (χ3v) is 4.56. The Labute approximate surface area is 142 Å². The molecule has 2 rings (SSSR count). The fourth-order valence-corrected chi connectivity index (χ4v) is 3.17. The number of amides is 1. The molecule has 0 spiro atoms. The largest absolute Gasteiger partial charge is 0.495 e. The van der Waals surface area contributed by atoms with Crippen molar-refractivity contribution in [3.05, 3.63) is 54.6 Å². The van der Waals surface area contributed by atoms with Crippen LogP contribution in [-0.2, 0) is 14.8 Å². The summed E-state index contributed by atoms with van der Waals surface area (Å²) in [5.74, 6) is 0.262. The Morgan fingerprint density at radius 1 is 1.08 bits per heavy atom. The van der Waals surface area contributed by atoms with E-state index in [9.17, 15) is 13.2 Å². The van der Waals surface area contributed by atoms with Crippen LogP contribution in [0.25, 0.3) is 0 Å². The molecule has 1 amide bonds. The molecule has 1 N–H and O–H groups in total. The van der Waals surface area contributed by atoms with Gasteiger partial charge in [0, 0.05) is 13.0 Å². The van der Waals surface area contributed by atoms with Crippen molar-refractivity contribution in [2.75, 3.05) is 29.5 Å². The second-order valence-corrected chi connectivity index (χ2v) is 7.08. The van der Waals surface area contributed by atoms with Gasteiger partial charge in [-0.2, -0.15) is 0 Å². The maximum absolute atomic E-state index is 12.2. The van der Waals surface area contributed by atoms with Crippen LogP contribution in [-0.4, -0.2) is 34.2 Å². The maximum atomic E-state index is 12.2. The minimum atomic E-state index is -3.47.